The number of fused-ring (bicyclic) bond motifs is 1. The summed E-state index contributed by atoms with van der Waals surface area (Å²) in [7, 11) is 1.65. The molecule has 0 aliphatic heterocycles. The maximum atomic E-state index is 9.62. The van der Waals surface area contributed by atoms with E-state index < -0.39 is 0 Å². The van der Waals surface area contributed by atoms with Crippen molar-refractivity contribution in [3.05, 3.63) is 35.9 Å². The second kappa shape index (κ2) is 3.22. The van der Waals surface area contributed by atoms with Gasteiger partial charge in [0.15, 0.2) is 0 Å². The van der Waals surface area contributed by atoms with Crippen molar-refractivity contribution in [2.24, 2.45) is 0 Å². The SMILES string of the molecule is COc1ccc2c(O)cccc2c1C. The summed E-state index contributed by atoms with van der Waals surface area (Å²) in [6.07, 6.45) is 0. The molecule has 0 unspecified atom stereocenters. The summed E-state index contributed by atoms with van der Waals surface area (Å²) in [6.45, 7) is 1.99. The van der Waals surface area contributed by atoms with Gasteiger partial charge >= 0.3 is 0 Å². The lowest BCUT2D eigenvalue weighted by Gasteiger charge is -2.08. The number of hydrogen-bond acceptors (Lipinski definition) is 2. The summed E-state index contributed by atoms with van der Waals surface area (Å²) in [6, 6.07) is 9.25. The molecule has 2 nitrogen and oxygen atoms in total. The lowest BCUT2D eigenvalue weighted by molar-refractivity contribution is 0.412. The first-order valence-corrected chi connectivity index (χ1v) is 4.49. The molecule has 0 bridgehead atoms. The Balaban J connectivity index is 2.84. The predicted octanol–water partition coefficient (Wildman–Crippen LogP) is 2.86. The van der Waals surface area contributed by atoms with Crippen LogP contribution in [-0.2, 0) is 0 Å². The molecule has 0 aromatic heterocycles. The van der Waals surface area contributed by atoms with Gasteiger partial charge in [-0.05, 0) is 36.1 Å². The van der Waals surface area contributed by atoms with E-state index in [9.17, 15) is 5.11 Å². The van der Waals surface area contributed by atoms with E-state index in [0.717, 1.165) is 22.1 Å². The molecule has 72 valence electrons. The number of phenolic OH excluding ortho intramolecular Hbond substituents is 1. The van der Waals surface area contributed by atoms with Crippen LogP contribution in [0.15, 0.2) is 30.3 Å². The number of benzene rings is 2. The summed E-state index contributed by atoms with van der Waals surface area (Å²) < 4.78 is 5.21. The summed E-state index contributed by atoms with van der Waals surface area (Å²) in [5.74, 6) is 1.16. The molecular formula is C12H12O2. The van der Waals surface area contributed by atoms with Gasteiger partial charge in [-0.15, -0.1) is 0 Å². The molecule has 0 fully saturated rings. The highest BCUT2D eigenvalue weighted by atomic mass is 16.5. The molecule has 1 N–H and O–H groups in total. The fourth-order valence-electron chi connectivity index (χ4n) is 1.69. The van der Waals surface area contributed by atoms with Crippen LogP contribution in [0.4, 0.5) is 0 Å². The van der Waals surface area contributed by atoms with E-state index in [4.69, 9.17) is 4.74 Å². The second-order valence-electron chi connectivity index (χ2n) is 3.27. The fraction of sp³-hybridized carbons (Fsp3) is 0.167. The van der Waals surface area contributed by atoms with Crippen LogP contribution in [-0.4, -0.2) is 12.2 Å². The van der Waals surface area contributed by atoms with E-state index in [2.05, 4.69) is 0 Å². The van der Waals surface area contributed by atoms with Crippen molar-refractivity contribution < 1.29 is 9.84 Å². The molecule has 0 saturated carbocycles. The van der Waals surface area contributed by atoms with Gasteiger partial charge in [0.05, 0.1) is 7.11 Å². The number of ether oxygens (including phenoxy) is 1. The number of rotatable bonds is 1. The van der Waals surface area contributed by atoms with Gasteiger partial charge in [-0.25, -0.2) is 0 Å². The minimum Gasteiger partial charge on any atom is -0.507 e. The van der Waals surface area contributed by atoms with E-state index in [0.29, 0.717) is 5.75 Å². The molecule has 0 amide bonds. The zero-order valence-electron chi connectivity index (χ0n) is 8.24. The van der Waals surface area contributed by atoms with Crippen molar-refractivity contribution >= 4 is 10.8 Å². The van der Waals surface area contributed by atoms with Crippen LogP contribution in [0.5, 0.6) is 11.5 Å². The maximum Gasteiger partial charge on any atom is 0.123 e. The average Bonchev–Trinajstić information content (AvgIpc) is 2.20. The van der Waals surface area contributed by atoms with Gasteiger partial charge < -0.3 is 9.84 Å². The number of hydrogen-bond donors (Lipinski definition) is 1. The number of aryl methyl sites for hydroxylation is 1. The van der Waals surface area contributed by atoms with Crippen molar-refractivity contribution in [1.82, 2.24) is 0 Å². The van der Waals surface area contributed by atoms with Crippen LogP contribution in [0.2, 0.25) is 0 Å². The highest BCUT2D eigenvalue weighted by Gasteiger charge is 2.05. The number of aromatic hydroxyl groups is 1. The number of phenols is 1. The highest BCUT2D eigenvalue weighted by molar-refractivity contribution is 5.92. The smallest absolute Gasteiger partial charge is 0.123 e. The van der Waals surface area contributed by atoms with Crippen LogP contribution in [0.25, 0.3) is 10.8 Å². The van der Waals surface area contributed by atoms with Gasteiger partial charge in [-0.3, -0.25) is 0 Å². The lowest BCUT2D eigenvalue weighted by atomic mass is 10.0. The Morgan fingerprint density at radius 2 is 1.86 bits per heavy atom. The van der Waals surface area contributed by atoms with Crippen LogP contribution in [0.3, 0.4) is 0 Å². The Morgan fingerprint density at radius 3 is 2.57 bits per heavy atom. The Hall–Kier alpha value is -1.70. The molecule has 0 spiro atoms. The highest BCUT2D eigenvalue weighted by Crippen LogP contribution is 2.31. The van der Waals surface area contributed by atoms with E-state index in [1.54, 1.807) is 13.2 Å². The van der Waals surface area contributed by atoms with Crippen LogP contribution < -0.4 is 4.74 Å². The molecule has 2 rings (SSSR count). The molecule has 14 heavy (non-hydrogen) atoms. The lowest BCUT2D eigenvalue weighted by Crippen LogP contribution is -1.88. The molecule has 0 saturated heterocycles. The first-order valence-electron chi connectivity index (χ1n) is 4.49. The normalized spacial score (nSPS) is 10.4. The van der Waals surface area contributed by atoms with Crippen molar-refractivity contribution in [3.8, 4) is 11.5 Å². The minimum absolute atomic E-state index is 0.313. The third kappa shape index (κ3) is 1.20. The Morgan fingerprint density at radius 1 is 1.07 bits per heavy atom. The van der Waals surface area contributed by atoms with E-state index in [1.807, 2.05) is 31.2 Å². The zero-order chi connectivity index (χ0) is 10.1. The summed E-state index contributed by atoms with van der Waals surface area (Å²) in [4.78, 5) is 0. The number of methoxy groups -OCH3 is 1. The standard InChI is InChI=1S/C12H12O2/c1-8-9-4-3-5-11(13)10(9)6-7-12(8)14-2/h3-7,13H,1-2H3. The zero-order valence-corrected chi connectivity index (χ0v) is 8.24. The molecule has 2 aromatic carbocycles. The van der Waals surface area contributed by atoms with Crippen LogP contribution in [0.1, 0.15) is 5.56 Å². The van der Waals surface area contributed by atoms with Gasteiger partial charge in [0.2, 0.25) is 0 Å². The average molecular weight is 188 g/mol. The topological polar surface area (TPSA) is 29.5 Å². The largest absolute Gasteiger partial charge is 0.507 e. The molecule has 0 atom stereocenters. The van der Waals surface area contributed by atoms with Gasteiger partial charge in [-0.1, -0.05) is 12.1 Å². The molecule has 0 aliphatic carbocycles. The van der Waals surface area contributed by atoms with E-state index in [1.165, 1.54) is 0 Å². The van der Waals surface area contributed by atoms with Crippen LogP contribution in [0, 0.1) is 6.92 Å². The van der Waals surface area contributed by atoms with Crippen molar-refractivity contribution in [2.75, 3.05) is 7.11 Å². The first-order chi connectivity index (χ1) is 6.74. The summed E-state index contributed by atoms with van der Waals surface area (Å²) >= 11 is 0. The van der Waals surface area contributed by atoms with E-state index >= 15 is 0 Å². The second-order valence-corrected chi connectivity index (χ2v) is 3.27. The Labute approximate surface area is 82.8 Å². The molecule has 0 aliphatic rings. The molecule has 0 radical (unpaired) electrons. The quantitative estimate of drug-likeness (QED) is 0.745. The van der Waals surface area contributed by atoms with Crippen LogP contribution >= 0.6 is 0 Å². The van der Waals surface area contributed by atoms with Gasteiger partial charge in [0, 0.05) is 5.39 Å². The Kier molecular flexibility index (Phi) is 2.04. The van der Waals surface area contributed by atoms with Gasteiger partial charge in [0.25, 0.3) is 0 Å². The molecule has 0 heterocycles. The summed E-state index contributed by atoms with van der Waals surface area (Å²) in [5, 5.41) is 11.5. The molecular weight excluding hydrogens is 176 g/mol. The molecule has 2 aromatic rings. The summed E-state index contributed by atoms with van der Waals surface area (Å²) in [5.41, 5.74) is 1.06. The Bertz CT molecular complexity index is 475. The van der Waals surface area contributed by atoms with Crippen molar-refractivity contribution in [3.63, 3.8) is 0 Å². The third-order valence-electron chi connectivity index (χ3n) is 2.48. The third-order valence-corrected chi connectivity index (χ3v) is 2.48. The predicted molar refractivity (Wildman–Crippen MR) is 56.9 cm³/mol. The van der Waals surface area contributed by atoms with Gasteiger partial charge in [0.1, 0.15) is 11.5 Å². The molecule has 2 heteroatoms. The monoisotopic (exact) mass is 188 g/mol. The first kappa shape index (κ1) is 8.88. The fourth-order valence-corrected chi connectivity index (χ4v) is 1.69. The van der Waals surface area contributed by atoms with Crippen molar-refractivity contribution in [2.45, 2.75) is 6.92 Å². The van der Waals surface area contributed by atoms with E-state index in [-0.39, 0.29) is 0 Å². The van der Waals surface area contributed by atoms with Crippen molar-refractivity contribution in [1.29, 1.82) is 0 Å². The minimum atomic E-state index is 0.313. The maximum absolute atomic E-state index is 9.62. The van der Waals surface area contributed by atoms with Gasteiger partial charge in [-0.2, -0.15) is 0 Å².